The molecule has 0 fully saturated rings. The Balaban J connectivity index is 2.89. The number of aliphatic hydroxyl groups excluding tert-OH is 1. The van der Waals surface area contributed by atoms with Crippen molar-refractivity contribution in [1.29, 1.82) is 5.26 Å². The fourth-order valence-electron chi connectivity index (χ4n) is 1.72. The molecule has 0 aliphatic rings. The second-order valence-electron chi connectivity index (χ2n) is 4.48. The summed E-state index contributed by atoms with van der Waals surface area (Å²) in [5.41, 5.74) is 1.10. The molecule has 1 aromatic carbocycles. The van der Waals surface area contributed by atoms with Crippen LogP contribution in [0.2, 0.25) is 0 Å². The molecule has 0 radical (unpaired) electrons. The van der Waals surface area contributed by atoms with Gasteiger partial charge in [0.1, 0.15) is 0 Å². The maximum absolute atomic E-state index is 12.1. The lowest BCUT2D eigenvalue weighted by molar-refractivity contribution is 0.279. The van der Waals surface area contributed by atoms with Gasteiger partial charge >= 0.3 is 0 Å². The van der Waals surface area contributed by atoms with E-state index in [1.807, 2.05) is 6.07 Å². The van der Waals surface area contributed by atoms with Gasteiger partial charge in [-0.1, -0.05) is 0 Å². The van der Waals surface area contributed by atoms with E-state index in [9.17, 15) is 8.42 Å². The van der Waals surface area contributed by atoms with Crippen LogP contribution in [0.5, 0.6) is 0 Å². The fourth-order valence-corrected chi connectivity index (χ4v) is 3.08. The van der Waals surface area contributed by atoms with Crippen LogP contribution in [0.25, 0.3) is 0 Å². The van der Waals surface area contributed by atoms with Crippen molar-refractivity contribution in [2.24, 2.45) is 0 Å². The first kappa shape index (κ1) is 15.6. The van der Waals surface area contributed by atoms with E-state index < -0.39 is 10.0 Å². The molecule has 19 heavy (non-hydrogen) atoms. The van der Waals surface area contributed by atoms with Crippen molar-refractivity contribution in [2.75, 3.05) is 6.61 Å². The minimum atomic E-state index is -3.58. The molecule has 0 amide bonds. The van der Waals surface area contributed by atoms with Crippen molar-refractivity contribution < 1.29 is 13.5 Å². The second-order valence-corrected chi connectivity index (χ2v) is 6.19. The summed E-state index contributed by atoms with van der Waals surface area (Å²) in [5, 5.41) is 17.5. The van der Waals surface area contributed by atoms with Crippen LogP contribution in [0, 0.1) is 18.3 Å². The molecular weight excluding hydrogens is 264 g/mol. The Bertz CT molecular complexity index is 576. The molecule has 1 aromatic rings. The lowest BCUT2D eigenvalue weighted by atomic mass is 10.1. The third-order valence-corrected chi connectivity index (χ3v) is 4.37. The van der Waals surface area contributed by atoms with Crippen LogP contribution >= 0.6 is 0 Å². The van der Waals surface area contributed by atoms with E-state index in [2.05, 4.69) is 4.72 Å². The summed E-state index contributed by atoms with van der Waals surface area (Å²) in [5.74, 6) is 0. The molecular formula is C13H18N2O3S. The van der Waals surface area contributed by atoms with Gasteiger partial charge in [0.15, 0.2) is 0 Å². The van der Waals surface area contributed by atoms with Gasteiger partial charge in [-0.2, -0.15) is 5.26 Å². The fraction of sp³-hybridized carbons (Fsp3) is 0.462. The Kier molecular flexibility index (Phi) is 5.48. The SMILES string of the molecule is Cc1cc(S(=O)(=O)NC(C)CCCO)ccc1C#N. The quantitative estimate of drug-likeness (QED) is 0.823. The normalized spacial score (nSPS) is 12.9. The molecule has 1 atom stereocenters. The molecule has 1 unspecified atom stereocenters. The van der Waals surface area contributed by atoms with Crippen LogP contribution in [-0.4, -0.2) is 26.2 Å². The number of aliphatic hydroxyl groups is 1. The van der Waals surface area contributed by atoms with Gasteiger partial charge in [-0.15, -0.1) is 0 Å². The topological polar surface area (TPSA) is 90.2 Å². The Morgan fingerprint density at radius 2 is 2.16 bits per heavy atom. The van der Waals surface area contributed by atoms with Crippen molar-refractivity contribution >= 4 is 10.0 Å². The second kappa shape index (κ2) is 6.66. The van der Waals surface area contributed by atoms with Gasteiger partial charge in [0.2, 0.25) is 10.0 Å². The van der Waals surface area contributed by atoms with Gasteiger partial charge in [-0.25, -0.2) is 13.1 Å². The average molecular weight is 282 g/mol. The number of aryl methyl sites for hydroxylation is 1. The molecule has 2 N–H and O–H groups in total. The molecule has 0 heterocycles. The molecule has 0 aliphatic carbocycles. The zero-order chi connectivity index (χ0) is 14.5. The zero-order valence-corrected chi connectivity index (χ0v) is 11.9. The van der Waals surface area contributed by atoms with Crippen LogP contribution in [0.1, 0.15) is 30.9 Å². The highest BCUT2D eigenvalue weighted by Crippen LogP contribution is 2.15. The van der Waals surface area contributed by atoms with E-state index in [1.54, 1.807) is 13.8 Å². The monoisotopic (exact) mass is 282 g/mol. The van der Waals surface area contributed by atoms with E-state index >= 15 is 0 Å². The summed E-state index contributed by atoms with van der Waals surface area (Å²) >= 11 is 0. The van der Waals surface area contributed by atoms with Crippen molar-refractivity contribution in [1.82, 2.24) is 4.72 Å². The summed E-state index contributed by atoms with van der Waals surface area (Å²) in [4.78, 5) is 0.153. The molecule has 6 heteroatoms. The van der Waals surface area contributed by atoms with Crippen LogP contribution in [0.15, 0.2) is 23.1 Å². The van der Waals surface area contributed by atoms with Crippen LogP contribution in [0.4, 0.5) is 0 Å². The Morgan fingerprint density at radius 1 is 1.47 bits per heavy atom. The predicted octanol–water partition coefficient (Wildman–Crippen LogP) is 1.31. The first-order valence-electron chi connectivity index (χ1n) is 6.04. The van der Waals surface area contributed by atoms with E-state index in [1.165, 1.54) is 18.2 Å². The maximum atomic E-state index is 12.1. The number of rotatable bonds is 6. The standard InChI is InChI=1S/C13H18N2O3S/c1-10-8-13(6-5-12(10)9-14)19(17,18)15-11(2)4-3-7-16/h5-6,8,11,15-16H,3-4,7H2,1-2H3. The van der Waals surface area contributed by atoms with Gasteiger partial charge in [0.25, 0.3) is 0 Å². The Morgan fingerprint density at radius 3 is 2.68 bits per heavy atom. The Hall–Kier alpha value is -1.42. The predicted molar refractivity (Wildman–Crippen MR) is 72.0 cm³/mol. The minimum Gasteiger partial charge on any atom is -0.396 e. The largest absolute Gasteiger partial charge is 0.396 e. The first-order chi connectivity index (χ1) is 8.90. The van der Waals surface area contributed by atoms with Crippen molar-refractivity contribution in [2.45, 2.75) is 37.6 Å². The highest BCUT2D eigenvalue weighted by Gasteiger charge is 2.17. The van der Waals surface area contributed by atoms with Crippen molar-refractivity contribution in [3.63, 3.8) is 0 Å². The average Bonchev–Trinajstić information content (AvgIpc) is 2.35. The summed E-state index contributed by atoms with van der Waals surface area (Å²) in [7, 11) is -3.58. The lowest BCUT2D eigenvalue weighted by Crippen LogP contribution is -2.32. The molecule has 0 aromatic heterocycles. The van der Waals surface area contributed by atoms with Crippen LogP contribution < -0.4 is 4.72 Å². The lowest BCUT2D eigenvalue weighted by Gasteiger charge is -2.14. The number of nitrogens with one attached hydrogen (secondary N) is 1. The minimum absolute atomic E-state index is 0.0437. The highest BCUT2D eigenvalue weighted by molar-refractivity contribution is 7.89. The molecule has 0 bridgehead atoms. The van der Waals surface area contributed by atoms with E-state index in [0.29, 0.717) is 24.0 Å². The smallest absolute Gasteiger partial charge is 0.240 e. The first-order valence-corrected chi connectivity index (χ1v) is 7.53. The molecule has 0 saturated heterocycles. The zero-order valence-electron chi connectivity index (χ0n) is 11.0. The molecule has 5 nitrogen and oxygen atoms in total. The number of sulfonamides is 1. The van der Waals surface area contributed by atoms with Gasteiger partial charge in [-0.3, -0.25) is 0 Å². The van der Waals surface area contributed by atoms with Gasteiger partial charge in [0, 0.05) is 12.6 Å². The van der Waals surface area contributed by atoms with Crippen molar-refractivity contribution in [3.8, 4) is 6.07 Å². The van der Waals surface area contributed by atoms with E-state index in [0.717, 1.165) is 0 Å². The van der Waals surface area contributed by atoms with E-state index in [4.69, 9.17) is 10.4 Å². The molecule has 0 aliphatic heterocycles. The third kappa shape index (κ3) is 4.31. The summed E-state index contributed by atoms with van der Waals surface area (Å²) in [6.45, 7) is 3.50. The number of hydrogen-bond donors (Lipinski definition) is 2. The number of hydrogen-bond acceptors (Lipinski definition) is 4. The maximum Gasteiger partial charge on any atom is 0.240 e. The van der Waals surface area contributed by atoms with Gasteiger partial charge in [0.05, 0.1) is 16.5 Å². The molecule has 0 saturated carbocycles. The number of nitrogens with zero attached hydrogens (tertiary/aromatic N) is 1. The van der Waals surface area contributed by atoms with Crippen LogP contribution in [-0.2, 0) is 10.0 Å². The molecule has 1 rings (SSSR count). The van der Waals surface area contributed by atoms with Gasteiger partial charge < -0.3 is 5.11 Å². The van der Waals surface area contributed by atoms with E-state index in [-0.39, 0.29) is 17.5 Å². The third-order valence-electron chi connectivity index (χ3n) is 2.78. The van der Waals surface area contributed by atoms with Crippen molar-refractivity contribution in [3.05, 3.63) is 29.3 Å². The van der Waals surface area contributed by atoms with Crippen LogP contribution in [0.3, 0.4) is 0 Å². The summed E-state index contributed by atoms with van der Waals surface area (Å²) in [6, 6.07) is 6.17. The molecule has 0 spiro atoms. The number of benzene rings is 1. The van der Waals surface area contributed by atoms with Gasteiger partial charge in [-0.05, 0) is 50.5 Å². The summed E-state index contributed by atoms with van der Waals surface area (Å²) in [6.07, 6.45) is 1.13. The Labute approximate surface area is 113 Å². The molecule has 104 valence electrons. The summed E-state index contributed by atoms with van der Waals surface area (Å²) < 4.78 is 26.8. The highest BCUT2D eigenvalue weighted by atomic mass is 32.2. The number of nitriles is 1.